The van der Waals surface area contributed by atoms with Gasteiger partial charge in [0, 0.05) is 30.6 Å². The largest absolute Gasteiger partial charge is 0.351 e. The molecule has 9 nitrogen and oxygen atoms in total. The minimum atomic E-state index is -0.981. The number of hydrazine groups is 1. The van der Waals surface area contributed by atoms with E-state index in [-0.39, 0.29) is 24.3 Å². The van der Waals surface area contributed by atoms with Gasteiger partial charge in [-0.15, -0.1) is 0 Å². The number of hydrogen-bond acceptors (Lipinski definition) is 5. The lowest BCUT2D eigenvalue weighted by Gasteiger charge is -2.21. The van der Waals surface area contributed by atoms with Crippen molar-refractivity contribution in [3.63, 3.8) is 0 Å². The Morgan fingerprint density at radius 3 is 2.49 bits per heavy atom. The number of nitrogens with two attached hydrogens (primary N) is 1. The molecule has 3 aromatic carbocycles. The van der Waals surface area contributed by atoms with Gasteiger partial charge in [-0.3, -0.25) is 19.8 Å². The summed E-state index contributed by atoms with van der Waals surface area (Å²) in [6.07, 6.45) is 4.71. The highest BCUT2D eigenvalue weighted by molar-refractivity contribution is 6.09. The standard InChI is InChI=1S/C28H28N6O3/c1-34(25-13-7-11-20-10-5-6-12-23(20)25)26(35)15-21(14-19-8-3-2-4-9-19)27(36)32-24(28(37)33-29)16-22-17-30-18-31-22/h2-14,17-18,24H,15-16,29H2,1H3,(H,30,31)(H,32,36)(H,33,37)/b21-14-/t24-/m0/s1. The molecule has 5 N–H and O–H groups in total. The maximum absolute atomic E-state index is 13.4. The second kappa shape index (κ2) is 11.8. The van der Waals surface area contributed by atoms with Gasteiger partial charge >= 0.3 is 0 Å². The maximum Gasteiger partial charge on any atom is 0.256 e. The van der Waals surface area contributed by atoms with Crippen LogP contribution in [0.25, 0.3) is 16.8 Å². The second-order valence-electron chi connectivity index (χ2n) is 8.51. The van der Waals surface area contributed by atoms with Gasteiger partial charge < -0.3 is 15.2 Å². The summed E-state index contributed by atoms with van der Waals surface area (Å²) in [6, 6.07) is 21.8. The van der Waals surface area contributed by atoms with Crippen LogP contribution in [0.15, 0.2) is 90.9 Å². The number of amides is 3. The van der Waals surface area contributed by atoms with Gasteiger partial charge in [-0.25, -0.2) is 10.8 Å². The quantitative estimate of drug-likeness (QED) is 0.122. The van der Waals surface area contributed by atoms with Crippen LogP contribution in [0, 0.1) is 0 Å². The molecule has 3 amide bonds. The molecule has 0 unspecified atom stereocenters. The van der Waals surface area contributed by atoms with Gasteiger partial charge in [0.15, 0.2) is 0 Å². The topological polar surface area (TPSA) is 133 Å². The normalized spacial score (nSPS) is 12.1. The van der Waals surface area contributed by atoms with Gasteiger partial charge in [-0.2, -0.15) is 0 Å². The molecule has 1 atom stereocenters. The molecule has 4 aromatic rings. The number of rotatable bonds is 9. The summed E-state index contributed by atoms with van der Waals surface area (Å²) in [5.74, 6) is 3.95. The van der Waals surface area contributed by atoms with Crippen LogP contribution in [0.5, 0.6) is 0 Å². The summed E-state index contributed by atoms with van der Waals surface area (Å²) < 4.78 is 0. The molecule has 1 heterocycles. The fraction of sp³-hybridized carbons (Fsp3) is 0.143. The molecule has 37 heavy (non-hydrogen) atoms. The van der Waals surface area contributed by atoms with Crippen molar-refractivity contribution in [2.45, 2.75) is 18.9 Å². The Morgan fingerprint density at radius 2 is 1.76 bits per heavy atom. The van der Waals surface area contributed by atoms with Crippen molar-refractivity contribution < 1.29 is 14.4 Å². The van der Waals surface area contributed by atoms with Gasteiger partial charge in [-0.1, -0.05) is 66.7 Å². The highest BCUT2D eigenvalue weighted by Gasteiger charge is 2.25. The Labute approximate surface area is 214 Å². The predicted octanol–water partition coefficient (Wildman–Crippen LogP) is 2.72. The SMILES string of the molecule is CN(C(=O)C/C(=C/c1ccccc1)C(=O)N[C@@H](Cc1c[nH]cn1)C(=O)NN)c1cccc2ccccc12. The minimum Gasteiger partial charge on any atom is -0.351 e. The van der Waals surface area contributed by atoms with E-state index in [1.165, 1.54) is 6.33 Å². The summed E-state index contributed by atoms with van der Waals surface area (Å²) in [4.78, 5) is 47.7. The molecule has 0 aliphatic heterocycles. The van der Waals surface area contributed by atoms with Crippen LogP contribution in [0.1, 0.15) is 17.7 Å². The predicted molar refractivity (Wildman–Crippen MR) is 143 cm³/mol. The highest BCUT2D eigenvalue weighted by atomic mass is 16.2. The average molecular weight is 497 g/mol. The molecular weight excluding hydrogens is 468 g/mol. The van der Waals surface area contributed by atoms with E-state index in [1.54, 1.807) is 24.2 Å². The first-order valence-corrected chi connectivity index (χ1v) is 11.7. The fourth-order valence-corrected chi connectivity index (χ4v) is 4.04. The van der Waals surface area contributed by atoms with Gasteiger partial charge in [-0.05, 0) is 23.1 Å². The highest BCUT2D eigenvalue weighted by Crippen LogP contribution is 2.27. The second-order valence-corrected chi connectivity index (χ2v) is 8.51. The van der Waals surface area contributed by atoms with Crippen molar-refractivity contribution >= 4 is 40.3 Å². The number of carbonyl (C=O) groups is 3. The lowest BCUT2D eigenvalue weighted by molar-refractivity contribution is -0.127. The van der Waals surface area contributed by atoms with Crippen molar-refractivity contribution in [3.8, 4) is 0 Å². The Bertz CT molecular complexity index is 1410. The number of nitrogens with zero attached hydrogens (tertiary/aromatic N) is 2. The molecular formula is C28H28N6O3. The van der Waals surface area contributed by atoms with E-state index in [9.17, 15) is 14.4 Å². The molecule has 9 heteroatoms. The number of aromatic amines is 1. The third kappa shape index (κ3) is 6.28. The third-order valence-corrected chi connectivity index (χ3v) is 6.01. The molecule has 1 aromatic heterocycles. The number of H-pyrrole nitrogens is 1. The fourth-order valence-electron chi connectivity index (χ4n) is 4.04. The zero-order valence-electron chi connectivity index (χ0n) is 20.3. The number of carbonyl (C=O) groups excluding carboxylic acids is 3. The van der Waals surface area contributed by atoms with Crippen LogP contribution in [-0.2, 0) is 20.8 Å². The molecule has 0 fully saturated rings. The molecule has 0 aliphatic carbocycles. The van der Waals surface area contributed by atoms with E-state index in [4.69, 9.17) is 5.84 Å². The Kier molecular flexibility index (Phi) is 8.07. The monoisotopic (exact) mass is 496 g/mol. The Hall–Kier alpha value is -4.76. The molecule has 0 saturated heterocycles. The van der Waals surface area contributed by atoms with Crippen molar-refractivity contribution in [1.29, 1.82) is 0 Å². The maximum atomic E-state index is 13.4. The Balaban J connectivity index is 1.60. The number of aromatic nitrogens is 2. The van der Waals surface area contributed by atoms with Crippen molar-refractivity contribution in [2.24, 2.45) is 5.84 Å². The van der Waals surface area contributed by atoms with Crippen LogP contribution < -0.4 is 21.5 Å². The molecule has 0 radical (unpaired) electrons. The zero-order chi connectivity index (χ0) is 26.2. The van der Waals surface area contributed by atoms with Gasteiger partial charge in [0.05, 0.1) is 24.1 Å². The lowest BCUT2D eigenvalue weighted by Crippen LogP contribution is -2.50. The van der Waals surface area contributed by atoms with Crippen LogP contribution in [0.4, 0.5) is 5.69 Å². The van der Waals surface area contributed by atoms with Crippen LogP contribution in [0.3, 0.4) is 0 Å². The molecule has 188 valence electrons. The van der Waals surface area contributed by atoms with Crippen LogP contribution in [-0.4, -0.2) is 40.8 Å². The van der Waals surface area contributed by atoms with Crippen molar-refractivity contribution in [2.75, 3.05) is 11.9 Å². The summed E-state index contributed by atoms with van der Waals surface area (Å²) in [6.45, 7) is 0. The molecule has 0 saturated carbocycles. The number of nitrogens with one attached hydrogen (secondary N) is 3. The summed E-state index contributed by atoms with van der Waals surface area (Å²) >= 11 is 0. The summed E-state index contributed by atoms with van der Waals surface area (Å²) in [7, 11) is 1.68. The van der Waals surface area contributed by atoms with E-state index in [0.29, 0.717) is 5.69 Å². The van der Waals surface area contributed by atoms with Crippen LogP contribution in [0.2, 0.25) is 0 Å². The number of hydrogen-bond donors (Lipinski definition) is 4. The van der Waals surface area contributed by atoms with Crippen molar-refractivity contribution in [3.05, 3.63) is 102 Å². The number of anilines is 1. The third-order valence-electron chi connectivity index (χ3n) is 6.01. The van der Waals surface area contributed by atoms with E-state index < -0.39 is 17.9 Å². The van der Waals surface area contributed by atoms with Crippen LogP contribution >= 0.6 is 0 Å². The summed E-state index contributed by atoms with van der Waals surface area (Å²) in [5.41, 5.74) is 4.36. The summed E-state index contributed by atoms with van der Waals surface area (Å²) in [5, 5.41) is 4.65. The number of fused-ring (bicyclic) bond motifs is 1. The van der Waals surface area contributed by atoms with E-state index in [1.807, 2.05) is 72.8 Å². The first kappa shape index (κ1) is 25.3. The smallest absolute Gasteiger partial charge is 0.256 e. The van der Waals surface area contributed by atoms with Gasteiger partial charge in [0.1, 0.15) is 6.04 Å². The Morgan fingerprint density at radius 1 is 1.03 bits per heavy atom. The minimum absolute atomic E-state index is 0.126. The number of imidazole rings is 1. The first-order chi connectivity index (χ1) is 18.0. The van der Waals surface area contributed by atoms with E-state index in [2.05, 4.69) is 20.7 Å². The van der Waals surface area contributed by atoms with Crippen molar-refractivity contribution in [1.82, 2.24) is 20.7 Å². The lowest BCUT2D eigenvalue weighted by atomic mass is 10.0. The van der Waals surface area contributed by atoms with E-state index in [0.717, 1.165) is 22.0 Å². The van der Waals surface area contributed by atoms with E-state index >= 15 is 0 Å². The molecule has 0 bridgehead atoms. The first-order valence-electron chi connectivity index (χ1n) is 11.7. The van der Waals surface area contributed by atoms with Gasteiger partial charge in [0.2, 0.25) is 11.8 Å². The molecule has 0 aliphatic rings. The van der Waals surface area contributed by atoms with Gasteiger partial charge in [0.25, 0.3) is 5.91 Å². The molecule has 0 spiro atoms. The average Bonchev–Trinajstić information content (AvgIpc) is 3.44. The zero-order valence-corrected chi connectivity index (χ0v) is 20.3. The molecule has 4 rings (SSSR count). The number of benzene rings is 3.